The molecule has 0 atom stereocenters. The number of nitrogens with one attached hydrogen (secondary N) is 1. The van der Waals surface area contributed by atoms with Crippen LogP contribution in [-0.4, -0.2) is 15.0 Å². The third kappa shape index (κ3) is 2.53. The minimum Gasteiger partial charge on any atom is -0.398 e. The highest BCUT2D eigenvalue weighted by Crippen LogP contribution is 2.21. The lowest BCUT2D eigenvalue weighted by Crippen LogP contribution is -2.24. The molecule has 0 unspecified atom stereocenters. The first-order valence-electron chi connectivity index (χ1n) is 4.69. The third-order valence-electron chi connectivity index (χ3n) is 2.02. The van der Waals surface area contributed by atoms with E-state index in [4.69, 9.17) is 16.3 Å². The maximum atomic E-state index is 11.8. The van der Waals surface area contributed by atoms with Gasteiger partial charge in [-0.25, -0.2) is 13.1 Å². The zero-order valence-electron chi connectivity index (χ0n) is 9.06. The summed E-state index contributed by atoms with van der Waals surface area (Å²) in [7, 11) is -3.78. The maximum Gasteiger partial charge on any atom is 0.241 e. The number of rotatable bonds is 3. The van der Waals surface area contributed by atoms with Crippen LogP contribution in [0.15, 0.2) is 17.0 Å². The first-order valence-corrected chi connectivity index (χ1v) is 6.18. The molecule has 0 heterocycles. The van der Waals surface area contributed by atoms with Gasteiger partial charge in [0.15, 0.2) is 0 Å². The molecule has 1 rings (SSSR count). The Kier molecular flexibility index (Phi) is 3.69. The van der Waals surface area contributed by atoms with Crippen LogP contribution in [0.1, 0.15) is 18.1 Å². The summed E-state index contributed by atoms with van der Waals surface area (Å²) in [5, 5.41) is 17.6. The molecular weight excluding hydrogens is 240 g/mol. The van der Waals surface area contributed by atoms with Crippen molar-refractivity contribution >= 4 is 15.7 Å². The standard InChI is InChI=1S/C10H10N4O2S/c1-2-14-17(15,16)10-4-7(5-11)9(13)3-8(10)6-12/h3-4,14H,2,13H2,1H3. The van der Waals surface area contributed by atoms with E-state index in [1.165, 1.54) is 6.07 Å². The van der Waals surface area contributed by atoms with E-state index < -0.39 is 10.0 Å². The van der Waals surface area contributed by atoms with Crippen LogP contribution >= 0.6 is 0 Å². The average Bonchev–Trinajstić information content (AvgIpc) is 2.28. The van der Waals surface area contributed by atoms with Crippen molar-refractivity contribution in [3.8, 4) is 12.1 Å². The Morgan fingerprint density at radius 2 is 1.88 bits per heavy atom. The molecule has 0 fully saturated rings. The number of hydrogen-bond acceptors (Lipinski definition) is 5. The summed E-state index contributed by atoms with van der Waals surface area (Å²) < 4.78 is 25.8. The number of sulfonamides is 1. The number of anilines is 1. The van der Waals surface area contributed by atoms with E-state index in [1.54, 1.807) is 19.1 Å². The lowest BCUT2D eigenvalue weighted by molar-refractivity contribution is 0.583. The van der Waals surface area contributed by atoms with Crippen LogP contribution in [0.3, 0.4) is 0 Å². The molecule has 1 aromatic rings. The van der Waals surface area contributed by atoms with Gasteiger partial charge in [-0.1, -0.05) is 6.92 Å². The summed E-state index contributed by atoms with van der Waals surface area (Å²) in [6.45, 7) is 1.81. The number of nitrogens with zero attached hydrogens (tertiary/aromatic N) is 2. The van der Waals surface area contributed by atoms with Crippen LogP contribution in [0, 0.1) is 22.7 Å². The van der Waals surface area contributed by atoms with Gasteiger partial charge in [0.05, 0.1) is 16.8 Å². The summed E-state index contributed by atoms with van der Waals surface area (Å²) in [6, 6.07) is 5.80. The third-order valence-corrected chi connectivity index (χ3v) is 3.60. The van der Waals surface area contributed by atoms with Crippen LogP contribution in [0.4, 0.5) is 5.69 Å². The summed E-state index contributed by atoms with van der Waals surface area (Å²) >= 11 is 0. The molecule has 0 aliphatic rings. The predicted octanol–water partition coefficient (Wildman–Crippen LogP) is 0.310. The molecule has 0 bridgehead atoms. The van der Waals surface area contributed by atoms with E-state index in [2.05, 4.69) is 4.72 Å². The molecule has 0 aromatic heterocycles. The molecule has 0 amide bonds. The van der Waals surface area contributed by atoms with E-state index >= 15 is 0 Å². The van der Waals surface area contributed by atoms with Crippen LogP contribution in [0.2, 0.25) is 0 Å². The lowest BCUT2D eigenvalue weighted by Gasteiger charge is -2.08. The van der Waals surface area contributed by atoms with E-state index in [0.29, 0.717) is 0 Å². The molecule has 0 spiro atoms. The largest absolute Gasteiger partial charge is 0.398 e. The van der Waals surface area contributed by atoms with E-state index in [1.807, 2.05) is 0 Å². The molecule has 3 N–H and O–H groups in total. The van der Waals surface area contributed by atoms with Gasteiger partial charge in [0, 0.05) is 6.54 Å². The maximum absolute atomic E-state index is 11.8. The van der Waals surface area contributed by atoms with Crippen molar-refractivity contribution in [1.29, 1.82) is 10.5 Å². The summed E-state index contributed by atoms with van der Waals surface area (Å²) in [5.41, 5.74) is 5.53. The molecule has 0 aliphatic carbocycles. The van der Waals surface area contributed by atoms with Crippen LogP contribution in [-0.2, 0) is 10.0 Å². The van der Waals surface area contributed by atoms with Crippen molar-refractivity contribution in [2.24, 2.45) is 0 Å². The second-order valence-electron chi connectivity index (χ2n) is 3.16. The first-order chi connectivity index (χ1) is 7.96. The van der Waals surface area contributed by atoms with Gasteiger partial charge in [-0.05, 0) is 12.1 Å². The Labute approximate surface area is 99.3 Å². The monoisotopic (exact) mass is 250 g/mol. The number of nitriles is 2. The van der Waals surface area contributed by atoms with Gasteiger partial charge in [0.1, 0.15) is 17.0 Å². The van der Waals surface area contributed by atoms with Crippen molar-refractivity contribution in [3.05, 3.63) is 23.3 Å². The van der Waals surface area contributed by atoms with Crippen LogP contribution < -0.4 is 10.5 Å². The Balaban J connectivity index is 3.55. The van der Waals surface area contributed by atoms with Crippen LogP contribution in [0.25, 0.3) is 0 Å². The normalized spacial score (nSPS) is 10.5. The van der Waals surface area contributed by atoms with E-state index in [-0.39, 0.29) is 28.3 Å². The van der Waals surface area contributed by atoms with Crippen LogP contribution in [0.5, 0.6) is 0 Å². The van der Waals surface area contributed by atoms with Gasteiger partial charge in [0.25, 0.3) is 0 Å². The predicted molar refractivity (Wildman–Crippen MR) is 61.1 cm³/mol. The molecule has 6 nitrogen and oxygen atoms in total. The van der Waals surface area contributed by atoms with Crippen molar-refractivity contribution in [3.63, 3.8) is 0 Å². The Morgan fingerprint density at radius 1 is 1.29 bits per heavy atom. The van der Waals surface area contributed by atoms with E-state index in [0.717, 1.165) is 6.07 Å². The molecular formula is C10H10N4O2S. The van der Waals surface area contributed by atoms with Gasteiger partial charge in [-0.3, -0.25) is 0 Å². The molecule has 0 saturated heterocycles. The van der Waals surface area contributed by atoms with E-state index in [9.17, 15) is 8.42 Å². The van der Waals surface area contributed by atoms with Gasteiger partial charge < -0.3 is 5.73 Å². The molecule has 7 heteroatoms. The second kappa shape index (κ2) is 4.83. The summed E-state index contributed by atoms with van der Waals surface area (Å²) in [4.78, 5) is -0.229. The number of benzene rings is 1. The first kappa shape index (κ1) is 13.0. The smallest absolute Gasteiger partial charge is 0.241 e. The van der Waals surface area contributed by atoms with Gasteiger partial charge in [0.2, 0.25) is 10.0 Å². The zero-order chi connectivity index (χ0) is 13.1. The number of hydrogen-bond donors (Lipinski definition) is 2. The number of nitrogen functional groups attached to an aromatic ring is 1. The molecule has 1 aromatic carbocycles. The van der Waals surface area contributed by atoms with Gasteiger partial charge >= 0.3 is 0 Å². The minimum atomic E-state index is -3.78. The Morgan fingerprint density at radius 3 is 2.35 bits per heavy atom. The molecule has 88 valence electrons. The molecule has 0 saturated carbocycles. The Bertz CT molecular complexity index is 623. The second-order valence-corrected chi connectivity index (χ2v) is 4.90. The molecule has 0 radical (unpaired) electrons. The fraction of sp³-hybridized carbons (Fsp3) is 0.200. The topological polar surface area (TPSA) is 120 Å². The average molecular weight is 250 g/mol. The minimum absolute atomic E-state index is 0.0282. The highest BCUT2D eigenvalue weighted by molar-refractivity contribution is 7.89. The molecule has 17 heavy (non-hydrogen) atoms. The fourth-order valence-electron chi connectivity index (χ4n) is 1.27. The fourth-order valence-corrected chi connectivity index (χ4v) is 2.47. The zero-order valence-corrected chi connectivity index (χ0v) is 9.87. The SMILES string of the molecule is CCNS(=O)(=O)c1cc(C#N)c(N)cc1C#N. The van der Waals surface area contributed by atoms with Crippen molar-refractivity contribution in [2.45, 2.75) is 11.8 Å². The van der Waals surface area contributed by atoms with Gasteiger partial charge in [-0.2, -0.15) is 10.5 Å². The Hall–Kier alpha value is -2.09. The quantitative estimate of drug-likeness (QED) is 0.748. The highest BCUT2D eigenvalue weighted by atomic mass is 32.2. The highest BCUT2D eigenvalue weighted by Gasteiger charge is 2.19. The number of nitrogens with two attached hydrogens (primary N) is 1. The van der Waals surface area contributed by atoms with Crippen molar-refractivity contribution < 1.29 is 8.42 Å². The summed E-state index contributed by atoms with van der Waals surface area (Å²) in [5.74, 6) is 0. The van der Waals surface area contributed by atoms with Gasteiger partial charge in [-0.15, -0.1) is 0 Å². The molecule has 0 aliphatic heterocycles. The summed E-state index contributed by atoms with van der Waals surface area (Å²) in [6.07, 6.45) is 0. The lowest BCUT2D eigenvalue weighted by atomic mass is 10.1. The van der Waals surface area contributed by atoms with Crippen molar-refractivity contribution in [1.82, 2.24) is 4.72 Å². The van der Waals surface area contributed by atoms with Crippen molar-refractivity contribution in [2.75, 3.05) is 12.3 Å².